The Morgan fingerprint density at radius 3 is 0.612 bits per heavy atom. The molecule has 129 heavy (non-hydrogen) atoms. The van der Waals surface area contributed by atoms with Crippen molar-refractivity contribution in [2.45, 2.75) is 52.1 Å². The van der Waals surface area contributed by atoms with Crippen molar-refractivity contribution >= 4 is 901 Å². The molecule has 2 aromatic rings. The van der Waals surface area contributed by atoms with Crippen molar-refractivity contribution in [1.82, 2.24) is 14.7 Å². The van der Waals surface area contributed by atoms with Crippen LogP contribution in [0.4, 0.5) is 0 Å². The fraction of sp³-hybridized carbons (Fsp3) is 0.600. The SMILES string of the molecule is CC(=O)N1CCC(CC(=O)N2CCN(C(c3cccs3)c3cccs3)C[C@@H]2C(C)C)CC1.S=S=S=S=S=S=S=S=S=S=S=S=S=S=S=S=S=S=S=S=S=S=S=S=S=S=S=S=S=S=S=S=S=S=S=S=S=S=S=S=S=S=S=S=S=S=S=S=S=S=S=S=S=S=S=S=S=S=S=S=S=S=S=S=S=S=S=S=S=S=S=S=S=S=S=S=S=S=S=S=S=S=S=S=S=S=S=S=S=S=S=S=S=S=S=S=S. The van der Waals surface area contributed by atoms with Gasteiger partial charge in [0.2, 0.25) is 11.8 Å². The van der Waals surface area contributed by atoms with Crippen molar-refractivity contribution in [3.05, 3.63) is 44.8 Å². The van der Waals surface area contributed by atoms with E-state index in [9.17, 15) is 9.59 Å². The standard InChI is InChI=1S/C25H35N3O2S2.S97/c1-18(2)21-17-27(25(22-6-4-14-31-22)23-7-5-15-32-23)12-13-28(21)24(30)16-20-8-10-26(11-9-20)19(3)29;1-3-5-7-9-11-13-15-17-19-21-23-25-27-29-31-33-35-37-39-41-43-45-47-49-51-53-55-57-59-61-63-65-67-69-71-73-75-77-79-81-83-85-87-89-91-93-95-97-96-94-92-90-88-86-84-82-80-78-76-74-72-70-68-66-64-62-60-58-56-54-52-50-48-46-44-42-40-38-36-34-32-30-28-26-24-22-20-18-16-14-12-10-8-6-4-2/h4-7,14-15,18,20-21,25H,8-13,16-17H2,1-3H3;/t21-;/m1./s1. The van der Waals surface area contributed by atoms with E-state index in [0.717, 1.165) is 45.6 Å². The highest BCUT2D eigenvalue weighted by Gasteiger charge is 2.37. The predicted molar refractivity (Wildman–Crippen MR) is 846 cm³/mol. The molecule has 4 rings (SSSR count). The molecule has 104 heteroatoms. The molecular weight excluding hydrogens is 3550 g/mol. The van der Waals surface area contributed by atoms with E-state index < -0.39 is 0 Å². The summed E-state index contributed by atoms with van der Waals surface area (Å²) in [7, 11) is 172. The van der Waals surface area contributed by atoms with Crippen molar-refractivity contribution < 1.29 is 9.59 Å². The van der Waals surface area contributed by atoms with Crippen LogP contribution in [0, 0.1) is 11.8 Å². The van der Waals surface area contributed by atoms with Crippen LogP contribution in [0.3, 0.4) is 0 Å². The number of likely N-dealkylation sites (tertiary alicyclic amines) is 1. The summed E-state index contributed by atoms with van der Waals surface area (Å²) in [6, 6.07) is 9.27. The lowest BCUT2D eigenvalue weighted by Gasteiger charge is -2.46. The van der Waals surface area contributed by atoms with E-state index in [4.69, 9.17) is 22.4 Å². The highest BCUT2D eigenvalue weighted by Crippen LogP contribution is 2.37. The molecular formula is C25H35N3O2S99. The van der Waals surface area contributed by atoms with E-state index in [-0.39, 0.29) is 18.0 Å². The highest BCUT2D eigenvalue weighted by atomic mass is 33.6. The number of rotatable bonds is 6. The number of hydrogen-bond donors (Lipinski definition) is 0. The lowest BCUT2D eigenvalue weighted by atomic mass is 9.91. The molecule has 2 aliphatic heterocycles. The fourth-order valence-corrected chi connectivity index (χ4v) is 263. The summed E-state index contributed by atoms with van der Waals surface area (Å²) in [6.45, 7) is 10.3. The first kappa shape index (κ1) is 143. The number of thiophene rings is 2. The van der Waals surface area contributed by atoms with Crippen LogP contribution in [-0.2, 0) is 876 Å². The van der Waals surface area contributed by atoms with Gasteiger partial charge in [-0.25, -0.2) is 0 Å². The van der Waals surface area contributed by atoms with Gasteiger partial charge in [-0.3, -0.25) is 14.5 Å². The van der Waals surface area contributed by atoms with E-state index in [1.165, 1.54) is 27.5 Å². The van der Waals surface area contributed by atoms with Gasteiger partial charge in [-0.15, -0.1) is 22.7 Å². The molecule has 2 aliphatic rings. The Morgan fingerprint density at radius 1 is 0.287 bits per heavy atom. The third kappa shape index (κ3) is 98.1. The van der Waals surface area contributed by atoms with Crippen molar-refractivity contribution in [1.29, 1.82) is 0 Å². The number of nitrogens with zero attached hydrogens (tertiary/aromatic N) is 3. The number of piperidine rings is 1. The van der Waals surface area contributed by atoms with Gasteiger partial charge in [0.15, 0.2) is 0 Å². The molecule has 2 aromatic heterocycles. The van der Waals surface area contributed by atoms with Gasteiger partial charge in [0, 0.05) is 928 Å². The van der Waals surface area contributed by atoms with Crippen molar-refractivity contribution in [2.75, 3.05) is 32.7 Å². The monoisotopic (exact) mass is 3570 g/mol. The van der Waals surface area contributed by atoms with Crippen LogP contribution in [0.1, 0.15) is 55.8 Å². The Bertz CT molecular complexity index is 8790. The van der Waals surface area contributed by atoms with E-state index in [0.29, 0.717) is 24.2 Å². The number of carbonyl (C=O) groups excluding carboxylic acids is 2. The van der Waals surface area contributed by atoms with E-state index in [2.05, 4.69) is 58.7 Å². The third-order valence-electron chi connectivity index (χ3n) is 9.66. The first-order chi connectivity index (χ1) is 63.8. The zero-order valence-corrected chi connectivity index (χ0v) is 140. The Kier molecular flexibility index (Phi) is 131. The summed E-state index contributed by atoms with van der Waals surface area (Å²) in [5, 5.41) is 4.32. The molecule has 2 fully saturated rings. The second kappa shape index (κ2) is 119. The maximum atomic E-state index is 13.4. The first-order valence-electron chi connectivity index (χ1n) is 27.8. The number of hydrogen-bond acceptors (Lipinski definition) is 7. The van der Waals surface area contributed by atoms with Crippen molar-refractivity contribution in [3.8, 4) is 0 Å². The van der Waals surface area contributed by atoms with Crippen molar-refractivity contribution in [2.24, 2.45) is 11.8 Å². The Balaban J connectivity index is 0.00000110. The van der Waals surface area contributed by atoms with Crippen LogP contribution >= 0.6 is 22.7 Å². The van der Waals surface area contributed by atoms with Gasteiger partial charge < -0.3 is 9.80 Å². The molecule has 0 bridgehead atoms. The second-order valence-electron chi connectivity index (χ2n) is 15.9. The van der Waals surface area contributed by atoms with Gasteiger partial charge in [0.25, 0.3) is 0 Å². The molecule has 0 aromatic carbocycles. The van der Waals surface area contributed by atoms with Gasteiger partial charge >= 0.3 is 0 Å². The molecule has 0 radical (unpaired) electrons. The molecule has 0 N–H and O–H groups in total. The van der Waals surface area contributed by atoms with Crippen LogP contribution in [0.5, 0.6) is 0 Å². The summed E-state index contributed by atoms with van der Waals surface area (Å²) in [6.07, 6.45) is 2.50. The molecule has 2 saturated heterocycles. The Hall–Kier alpha value is 19.6. The third-order valence-corrected chi connectivity index (χ3v) is 220. The molecule has 2 amide bonds. The smallest absolute Gasteiger partial charge is 0.223 e. The van der Waals surface area contributed by atoms with E-state index in [1.807, 2.05) is 747 Å². The molecule has 0 unspecified atom stereocenters. The van der Waals surface area contributed by atoms with E-state index >= 15 is 0 Å². The molecule has 4 heterocycles. The minimum Gasteiger partial charge on any atom is -0.343 e. The normalized spacial score (nSPS) is 11.1. The largest absolute Gasteiger partial charge is 0.343 e. The zero-order valence-electron chi connectivity index (χ0n) is 59.0. The summed E-state index contributed by atoms with van der Waals surface area (Å²) < 4.78 is 0. The van der Waals surface area contributed by atoms with Crippen LogP contribution < -0.4 is 0 Å². The average Bonchev–Trinajstić information content (AvgIpc) is 1.77. The minimum absolute atomic E-state index is 0.150. The molecule has 0 aliphatic carbocycles. The first-order valence-corrected chi connectivity index (χ1v) is 158. The van der Waals surface area contributed by atoms with Gasteiger partial charge in [-0.05, 0) is 47.6 Å². The molecule has 0 spiro atoms. The fourth-order valence-electron chi connectivity index (χ4n) is 6.21. The topological polar surface area (TPSA) is 43.9 Å². The second-order valence-corrected chi connectivity index (χ2v) is 186. The Morgan fingerprint density at radius 2 is 0.465 bits per heavy atom. The number of carbonyl (C=O) groups is 2. The summed E-state index contributed by atoms with van der Waals surface area (Å²) >= 11 is 13.3. The Labute approximate surface area is 1040 Å². The number of piperazine rings is 1. The maximum Gasteiger partial charge on any atom is 0.223 e. The van der Waals surface area contributed by atoms with Gasteiger partial charge in [-0.1, -0.05) is 26.0 Å². The van der Waals surface area contributed by atoms with E-state index in [1.54, 1.807) is 113 Å². The summed E-state index contributed by atoms with van der Waals surface area (Å²) in [5.41, 5.74) is 0. The van der Waals surface area contributed by atoms with Crippen LogP contribution in [-0.4, -0.2) is 65.3 Å². The zero-order chi connectivity index (χ0) is 91.8. The van der Waals surface area contributed by atoms with Crippen LogP contribution in [0.15, 0.2) is 35.0 Å². The minimum atomic E-state index is 0.150. The molecule has 5 nitrogen and oxygen atoms in total. The average molecular weight is 3580 g/mol. The van der Waals surface area contributed by atoms with Gasteiger partial charge in [-0.2, -0.15) is 0 Å². The van der Waals surface area contributed by atoms with Crippen LogP contribution in [0.2, 0.25) is 0 Å². The molecule has 1 atom stereocenters. The highest BCUT2D eigenvalue weighted by molar-refractivity contribution is 8.87. The van der Waals surface area contributed by atoms with Gasteiger partial charge in [0.1, 0.15) is 0 Å². The quantitative estimate of drug-likeness (QED) is 0.428. The predicted octanol–water partition coefficient (Wildman–Crippen LogP) is 4.48. The van der Waals surface area contributed by atoms with Crippen LogP contribution in [0.25, 0.3) is 0 Å². The lowest BCUT2D eigenvalue weighted by Crippen LogP contribution is -2.58. The molecule has 0 saturated carbocycles. The van der Waals surface area contributed by atoms with Crippen molar-refractivity contribution in [3.63, 3.8) is 0 Å². The lowest BCUT2D eigenvalue weighted by molar-refractivity contribution is -0.139. The van der Waals surface area contributed by atoms with Gasteiger partial charge in [0.05, 0.1) is 6.04 Å². The summed E-state index contributed by atoms with van der Waals surface area (Å²) in [5.74, 6) is 1.26. The summed E-state index contributed by atoms with van der Waals surface area (Å²) in [4.78, 5) is 34.4. The maximum absolute atomic E-state index is 13.4. The molecule has 756 valence electrons. The number of amides is 2.